The second kappa shape index (κ2) is 6.42. The van der Waals surface area contributed by atoms with Gasteiger partial charge in [0.05, 0.1) is 6.61 Å². The number of hydrogen-bond donors (Lipinski definition) is 1. The van der Waals surface area contributed by atoms with Gasteiger partial charge in [-0.25, -0.2) is 13.1 Å². The lowest BCUT2D eigenvalue weighted by Gasteiger charge is -2.06. The Labute approximate surface area is 138 Å². The minimum atomic E-state index is -4.04. The van der Waals surface area contributed by atoms with Crippen LogP contribution in [0.25, 0.3) is 11.0 Å². The molecule has 1 aromatic carbocycles. The number of para-hydroxylation sites is 1. The number of rotatable bonds is 5. The number of carbonyl (C=O) groups is 1. The first-order valence-corrected chi connectivity index (χ1v) is 8.48. The zero-order chi connectivity index (χ0) is 17.2. The van der Waals surface area contributed by atoms with Crippen molar-refractivity contribution >= 4 is 26.9 Å². The number of carbonyl (C=O) groups excluding carboxylic acids is 1. The minimum absolute atomic E-state index is 0.0921. The number of nitrogens with zero attached hydrogens (tertiary/aromatic N) is 1. The molecule has 0 aliphatic carbocycles. The molecular formula is C16H14N2O5S. The smallest absolute Gasteiger partial charge is 0.301 e. The highest BCUT2D eigenvalue weighted by Crippen LogP contribution is 2.26. The summed E-state index contributed by atoms with van der Waals surface area (Å²) in [6.45, 7) is 0.118. The van der Waals surface area contributed by atoms with Gasteiger partial charge in [0.25, 0.3) is 10.0 Å². The first-order chi connectivity index (χ1) is 11.5. The number of hydrogen-bond acceptors (Lipinski definition) is 6. The molecule has 3 aromatic rings. The molecule has 24 heavy (non-hydrogen) atoms. The third kappa shape index (κ3) is 3.01. The SMILES string of the molecule is COCc1c(C(=O)NS(=O)(=O)c2cccnc2)oc2ccccc12. The van der Waals surface area contributed by atoms with Crippen LogP contribution >= 0.6 is 0 Å². The summed E-state index contributed by atoms with van der Waals surface area (Å²) in [5.41, 5.74) is 0.973. The third-order valence-corrected chi connectivity index (χ3v) is 4.68. The van der Waals surface area contributed by atoms with Crippen LogP contribution in [0.15, 0.2) is 58.1 Å². The van der Waals surface area contributed by atoms with Crippen LogP contribution in [0.2, 0.25) is 0 Å². The number of ether oxygens (including phenoxy) is 1. The van der Waals surface area contributed by atoms with Crippen molar-refractivity contribution in [3.05, 3.63) is 60.1 Å². The summed E-state index contributed by atoms with van der Waals surface area (Å²) in [6, 6.07) is 9.84. The fourth-order valence-corrected chi connectivity index (χ4v) is 3.22. The molecular weight excluding hydrogens is 332 g/mol. The van der Waals surface area contributed by atoms with Crippen LogP contribution in [0.1, 0.15) is 16.1 Å². The van der Waals surface area contributed by atoms with Crippen molar-refractivity contribution in [2.45, 2.75) is 11.5 Å². The zero-order valence-electron chi connectivity index (χ0n) is 12.7. The number of nitrogens with one attached hydrogen (secondary N) is 1. The molecule has 3 rings (SSSR count). The fourth-order valence-electron chi connectivity index (χ4n) is 2.30. The van der Waals surface area contributed by atoms with Gasteiger partial charge in [0.2, 0.25) is 0 Å². The maximum Gasteiger partial charge on any atom is 0.301 e. The van der Waals surface area contributed by atoms with Crippen LogP contribution in [-0.4, -0.2) is 26.4 Å². The Hall–Kier alpha value is -2.71. The van der Waals surface area contributed by atoms with Gasteiger partial charge < -0.3 is 9.15 Å². The van der Waals surface area contributed by atoms with Crippen LogP contribution in [0.4, 0.5) is 0 Å². The highest BCUT2D eigenvalue weighted by Gasteiger charge is 2.25. The molecule has 8 heteroatoms. The van der Waals surface area contributed by atoms with E-state index in [1.54, 1.807) is 24.3 Å². The number of sulfonamides is 1. The molecule has 1 N–H and O–H groups in total. The van der Waals surface area contributed by atoms with Crippen molar-refractivity contribution in [2.75, 3.05) is 7.11 Å². The molecule has 0 aliphatic rings. The van der Waals surface area contributed by atoms with Gasteiger partial charge in [0.1, 0.15) is 10.5 Å². The van der Waals surface area contributed by atoms with E-state index < -0.39 is 15.9 Å². The molecule has 0 saturated heterocycles. The molecule has 0 saturated carbocycles. The van der Waals surface area contributed by atoms with Crippen molar-refractivity contribution in [1.29, 1.82) is 0 Å². The Morgan fingerprint density at radius 3 is 2.75 bits per heavy atom. The average molecular weight is 346 g/mol. The van der Waals surface area contributed by atoms with Crippen molar-refractivity contribution in [3.8, 4) is 0 Å². The molecule has 2 heterocycles. The molecule has 2 aromatic heterocycles. The highest BCUT2D eigenvalue weighted by molar-refractivity contribution is 7.90. The molecule has 0 unspecified atom stereocenters. The number of pyridine rings is 1. The number of fused-ring (bicyclic) bond motifs is 1. The van der Waals surface area contributed by atoms with E-state index >= 15 is 0 Å². The van der Waals surface area contributed by atoms with E-state index in [4.69, 9.17) is 9.15 Å². The Balaban J connectivity index is 1.98. The van der Waals surface area contributed by atoms with Gasteiger partial charge in [-0.15, -0.1) is 0 Å². The van der Waals surface area contributed by atoms with Crippen LogP contribution in [0, 0.1) is 0 Å². The molecule has 0 radical (unpaired) electrons. The summed E-state index contributed by atoms with van der Waals surface area (Å²) >= 11 is 0. The Bertz CT molecular complexity index is 980. The molecule has 0 aliphatic heterocycles. The maximum absolute atomic E-state index is 12.4. The molecule has 0 spiro atoms. The van der Waals surface area contributed by atoms with E-state index in [0.717, 1.165) is 6.20 Å². The van der Waals surface area contributed by atoms with E-state index in [0.29, 0.717) is 16.5 Å². The Kier molecular flexibility index (Phi) is 4.32. The van der Waals surface area contributed by atoms with E-state index in [1.165, 1.54) is 25.4 Å². The first kappa shape index (κ1) is 16.2. The largest absolute Gasteiger partial charge is 0.450 e. The predicted octanol–water partition coefficient (Wildman–Crippen LogP) is 2.09. The van der Waals surface area contributed by atoms with Gasteiger partial charge >= 0.3 is 5.91 Å². The zero-order valence-corrected chi connectivity index (χ0v) is 13.5. The molecule has 0 atom stereocenters. The average Bonchev–Trinajstić information content (AvgIpc) is 2.95. The predicted molar refractivity (Wildman–Crippen MR) is 85.8 cm³/mol. The van der Waals surface area contributed by atoms with Gasteiger partial charge in [-0.1, -0.05) is 18.2 Å². The number of aromatic nitrogens is 1. The van der Waals surface area contributed by atoms with Gasteiger partial charge in [-0.05, 0) is 18.2 Å². The molecule has 7 nitrogen and oxygen atoms in total. The summed E-state index contributed by atoms with van der Waals surface area (Å²) in [5.74, 6) is -0.951. The number of furan rings is 1. The Morgan fingerprint density at radius 1 is 1.25 bits per heavy atom. The van der Waals surface area contributed by atoms with Gasteiger partial charge in [0.15, 0.2) is 5.76 Å². The van der Waals surface area contributed by atoms with Crippen molar-refractivity contribution in [3.63, 3.8) is 0 Å². The lowest BCUT2D eigenvalue weighted by Crippen LogP contribution is -2.31. The molecule has 0 bridgehead atoms. The van der Waals surface area contributed by atoms with Crippen molar-refractivity contribution < 1.29 is 22.4 Å². The number of benzene rings is 1. The fraction of sp³-hybridized carbons (Fsp3) is 0.125. The summed E-state index contributed by atoms with van der Waals surface area (Å²) in [4.78, 5) is 16.1. The lowest BCUT2D eigenvalue weighted by atomic mass is 10.1. The van der Waals surface area contributed by atoms with Crippen molar-refractivity contribution in [1.82, 2.24) is 9.71 Å². The number of amides is 1. The normalized spacial score (nSPS) is 11.5. The topological polar surface area (TPSA) is 98.5 Å². The van der Waals surface area contributed by atoms with Crippen LogP contribution in [0.5, 0.6) is 0 Å². The minimum Gasteiger partial charge on any atom is -0.450 e. The summed E-state index contributed by atoms with van der Waals surface area (Å²) in [7, 11) is -2.56. The molecule has 1 amide bonds. The Morgan fingerprint density at radius 2 is 2.04 bits per heavy atom. The quantitative estimate of drug-likeness (QED) is 0.759. The summed E-state index contributed by atoms with van der Waals surface area (Å²) in [5, 5.41) is 0.697. The highest BCUT2D eigenvalue weighted by atomic mass is 32.2. The second-order valence-electron chi connectivity index (χ2n) is 4.96. The standard InChI is InChI=1S/C16H14N2O5S/c1-22-10-13-12-6-2-3-7-14(12)23-15(13)16(19)18-24(20,21)11-5-4-8-17-9-11/h2-9H,10H2,1H3,(H,18,19). The summed E-state index contributed by atoms with van der Waals surface area (Å²) in [6.07, 6.45) is 2.60. The summed E-state index contributed by atoms with van der Waals surface area (Å²) < 4.78 is 37.1. The first-order valence-electron chi connectivity index (χ1n) is 6.99. The van der Waals surface area contributed by atoms with E-state index in [9.17, 15) is 13.2 Å². The van der Waals surface area contributed by atoms with Crippen molar-refractivity contribution in [2.24, 2.45) is 0 Å². The third-order valence-electron chi connectivity index (χ3n) is 3.36. The van der Waals surface area contributed by atoms with Gasteiger partial charge in [-0.2, -0.15) is 0 Å². The van der Waals surface area contributed by atoms with Crippen LogP contribution < -0.4 is 4.72 Å². The van der Waals surface area contributed by atoms with Crippen LogP contribution in [-0.2, 0) is 21.4 Å². The molecule has 0 fully saturated rings. The maximum atomic E-state index is 12.4. The van der Waals surface area contributed by atoms with E-state index in [-0.39, 0.29) is 17.3 Å². The van der Waals surface area contributed by atoms with E-state index in [2.05, 4.69) is 4.98 Å². The van der Waals surface area contributed by atoms with Crippen LogP contribution in [0.3, 0.4) is 0 Å². The monoisotopic (exact) mass is 346 g/mol. The van der Waals surface area contributed by atoms with E-state index in [1.807, 2.05) is 4.72 Å². The number of methoxy groups -OCH3 is 1. The lowest BCUT2D eigenvalue weighted by molar-refractivity contribution is 0.0950. The molecule has 124 valence electrons. The van der Waals surface area contributed by atoms with Gasteiger partial charge in [-0.3, -0.25) is 9.78 Å². The van der Waals surface area contributed by atoms with Gasteiger partial charge in [0, 0.05) is 30.5 Å². The second-order valence-corrected chi connectivity index (χ2v) is 6.64.